The van der Waals surface area contributed by atoms with Crippen LogP contribution in [0.15, 0.2) is 12.1 Å². The molecular formula is C22H34N2O. The molecule has 1 aromatic rings. The summed E-state index contributed by atoms with van der Waals surface area (Å²) in [6.45, 7) is 11.9. The topological polar surface area (TPSA) is 41.1 Å². The van der Waals surface area contributed by atoms with Crippen LogP contribution < -0.4 is 10.6 Å². The standard InChI is InChI=1S/C22H34N2O/c1-6-23-21(25)24-20-13-19-16(12-17(20)14(2)3)9-10-18-15(4)8-7-11-22(18,19)5/h12-15,18H,6-11H2,1-5H3,(H2,23,24,25). The predicted molar refractivity (Wildman–Crippen MR) is 105 cm³/mol. The van der Waals surface area contributed by atoms with Crippen LogP contribution in [0.1, 0.15) is 82.9 Å². The molecule has 1 aromatic carbocycles. The number of carbonyl (C=O) groups excluding carboxylic acids is 1. The number of carbonyl (C=O) groups is 1. The van der Waals surface area contributed by atoms with Gasteiger partial charge in [-0.25, -0.2) is 4.79 Å². The molecule has 0 spiro atoms. The second-order valence-corrected chi connectivity index (χ2v) is 8.67. The highest BCUT2D eigenvalue weighted by atomic mass is 16.2. The summed E-state index contributed by atoms with van der Waals surface area (Å²) in [7, 11) is 0. The van der Waals surface area contributed by atoms with E-state index < -0.39 is 0 Å². The number of amides is 2. The fraction of sp³-hybridized carbons (Fsp3) is 0.682. The fourth-order valence-electron chi connectivity index (χ4n) is 5.37. The first-order valence-corrected chi connectivity index (χ1v) is 10.1. The maximum atomic E-state index is 12.1. The van der Waals surface area contributed by atoms with E-state index in [1.807, 2.05) is 6.92 Å². The molecule has 138 valence electrons. The monoisotopic (exact) mass is 342 g/mol. The van der Waals surface area contributed by atoms with Crippen LogP contribution in [-0.2, 0) is 11.8 Å². The quantitative estimate of drug-likeness (QED) is 0.738. The lowest BCUT2D eigenvalue weighted by molar-refractivity contribution is 0.118. The zero-order chi connectivity index (χ0) is 18.2. The van der Waals surface area contributed by atoms with Gasteiger partial charge in [-0.15, -0.1) is 0 Å². The van der Waals surface area contributed by atoms with E-state index in [1.165, 1.54) is 48.8 Å². The van der Waals surface area contributed by atoms with Gasteiger partial charge in [0.25, 0.3) is 0 Å². The van der Waals surface area contributed by atoms with Crippen LogP contribution in [0.2, 0.25) is 0 Å². The minimum atomic E-state index is -0.0983. The molecule has 2 aliphatic rings. The van der Waals surface area contributed by atoms with E-state index in [-0.39, 0.29) is 11.4 Å². The largest absolute Gasteiger partial charge is 0.338 e. The van der Waals surface area contributed by atoms with Crippen molar-refractivity contribution in [2.75, 3.05) is 11.9 Å². The van der Waals surface area contributed by atoms with Crippen LogP contribution in [0.3, 0.4) is 0 Å². The van der Waals surface area contributed by atoms with Crippen molar-refractivity contribution in [3.8, 4) is 0 Å². The van der Waals surface area contributed by atoms with Crippen molar-refractivity contribution in [2.45, 2.75) is 78.1 Å². The number of anilines is 1. The van der Waals surface area contributed by atoms with Crippen LogP contribution in [0, 0.1) is 11.8 Å². The molecule has 0 saturated heterocycles. The van der Waals surface area contributed by atoms with Gasteiger partial charge >= 0.3 is 6.03 Å². The Morgan fingerprint density at radius 1 is 1.32 bits per heavy atom. The van der Waals surface area contributed by atoms with Gasteiger partial charge in [-0.05, 0) is 72.1 Å². The van der Waals surface area contributed by atoms with E-state index in [0.717, 1.165) is 17.5 Å². The van der Waals surface area contributed by atoms with Crippen LogP contribution in [0.25, 0.3) is 0 Å². The summed E-state index contributed by atoms with van der Waals surface area (Å²) in [6.07, 6.45) is 6.45. The molecule has 3 nitrogen and oxygen atoms in total. The van der Waals surface area contributed by atoms with Gasteiger partial charge in [-0.1, -0.05) is 46.6 Å². The Morgan fingerprint density at radius 3 is 2.76 bits per heavy atom. The summed E-state index contributed by atoms with van der Waals surface area (Å²) in [4.78, 5) is 12.1. The molecule has 1 fully saturated rings. The number of rotatable bonds is 3. The zero-order valence-electron chi connectivity index (χ0n) is 16.5. The molecule has 2 aliphatic carbocycles. The fourth-order valence-corrected chi connectivity index (χ4v) is 5.37. The predicted octanol–water partition coefficient (Wildman–Crippen LogP) is 5.59. The van der Waals surface area contributed by atoms with E-state index in [0.29, 0.717) is 12.5 Å². The van der Waals surface area contributed by atoms with Crippen molar-refractivity contribution >= 4 is 11.7 Å². The van der Waals surface area contributed by atoms with Crippen LogP contribution in [0.5, 0.6) is 0 Å². The second-order valence-electron chi connectivity index (χ2n) is 8.67. The van der Waals surface area contributed by atoms with Crippen LogP contribution in [0.4, 0.5) is 10.5 Å². The van der Waals surface area contributed by atoms with E-state index in [1.54, 1.807) is 0 Å². The molecule has 1 saturated carbocycles. The van der Waals surface area contributed by atoms with Crippen molar-refractivity contribution in [3.05, 3.63) is 28.8 Å². The molecule has 25 heavy (non-hydrogen) atoms. The van der Waals surface area contributed by atoms with Crippen molar-refractivity contribution in [2.24, 2.45) is 11.8 Å². The number of hydrogen-bond donors (Lipinski definition) is 2. The number of hydrogen-bond acceptors (Lipinski definition) is 1. The lowest BCUT2D eigenvalue weighted by Gasteiger charge is -2.50. The molecule has 0 aromatic heterocycles. The molecule has 2 N–H and O–H groups in total. The number of fused-ring (bicyclic) bond motifs is 3. The smallest absolute Gasteiger partial charge is 0.319 e. The average Bonchev–Trinajstić information content (AvgIpc) is 2.54. The highest BCUT2D eigenvalue weighted by Gasteiger charge is 2.45. The molecule has 3 rings (SSSR count). The van der Waals surface area contributed by atoms with Crippen molar-refractivity contribution in [3.63, 3.8) is 0 Å². The van der Waals surface area contributed by atoms with Crippen LogP contribution in [-0.4, -0.2) is 12.6 Å². The van der Waals surface area contributed by atoms with Gasteiger partial charge in [0.2, 0.25) is 0 Å². The molecule has 0 bridgehead atoms. The maximum absolute atomic E-state index is 12.1. The summed E-state index contributed by atoms with van der Waals surface area (Å²) >= 11 is 0. The summed E-state index contributed by atoms with van der Waals surface area (Å²) in [5.41, 5.74) is 5.53. The molecule has 2 amide bonds. The molecule has 3 heteroatoms. The summed E-state index contributed by atoms with van der Waals surface area (Å²) in [5, 5.41) is 5.98. The first kappa shape index (κ1) is 18.3. The van der Waals surface area contributed by atoms with Gasteiger partial charge in [0, 0.05) is 12.2 Å². The van der Waals surface area contributed by atoms with Crippen molar-refractivity contribution in [1.82, 2.24) is 5.32 Å². The summed E-state index contributed by atoms with van der Waals surface area (Å²) in [6, 6.07) is 4.59. The maximum Gasteiger partial charge on any atom is 0.319 e. The van der Waals surface area contributed by atoms with E-state index in [9.17, 15) is 4.79 Å². The first-order chi connectivity index (χ1) is 11.9. The molecule has 0 radical (unpaired) electrons. The normalized spacial score (nSPS) is 28.2. The Labute approximate surface area is 153 Å². The molecule has 3 atom stereocenters. The minimum absolute atomic E-state index is 0.0983. The highest BCUT2D eigenvalue weighted by Crippen LogP contribution is 2.53. The Morgan fingerprint density at radius 2 is 2.08 bits per heavy atom. The Balaban J connectivity index is 2.05. The first-order valence-electron chi connectivity index (χ1n) is 10.1. The third-order valence-corrected chi connectivity index (χ3v) is 6.68. The van der Waals surface area contributed by atoms with Gasteiger partial charge in [-0.3, -0.25) is 0 Å². The summed E-state index contributed by atoms with van der Waals surface area (Å²) < 4.78 is 0. The van der Waals surface area contributed by atoms with Crippen LogP contribution >= 0.6 is 0 Å². The number of aryl methyl sites for hydroxylation is 1. The highest BCUT2D eigenvalue weighted by molar-refractivity contribution is 5.90. The lowest BCUT2D eigenvalue weighted by atomic mass is 9.55. The minimum Gasteiger partial charge on any atom is -0.338 e. The van der Waals surface area contributed by atoms with Gasteiger partial charge in [-0.2, -0.15) is 0 Å². The molecule has 3 unspecified atom stereocenters. The lowest BCUT2D eigenvalue weighted by Crippen LogP contribution is -2.43. The van der Waals surface area contributed by atoms with Gasteiger partial charge in [0.1, 0.15) is 0 Å². The van der Waals surface area contributed by atoms with E-state index in [2.05, 4.69) is 50.5 Å². The molecule has 0 heterocycles. The summed E-state index contributed by atoms with van der Waals surface area (Å²) in [5.74, 6) is 1.98. The zero-order valence-corrected chi connectivity index (χ0v) is 16.5. The number of urea groups is 1. The van der Waals surface area contributed by atoms with Gasteiger partial charge < -0.3 is 10.6 Å². The van der Waals surface area contributed by atoms with Crippen molar-refractivity contribution < 1.29 is 4.79 Å². The SMILES string of the molecule is CCNC(=O)Nc1cc2c(cc1C(C)C)CCC1C(C)CCCC21C. The Bertz CT molecular complexity index is 652. The van der Waals surface area contributed by atoms with Gasteiger partial charge in [0.15, 0.2) is 0 Å². The van der Waals surface area contributed by atoms with E-state index >= 15 is 0 Å². The average molecular weight is 343 g/mol. The Kier molecular flexibility index (Phi) is 5.13. The Hall–Kier alpha value is -1.51. The third-order valence-electron chi connectivity index (χ3n) is 6.68. The molecule has 0 aliphatic heterocycles. The number of nitrogens with one attached hydrogen (secondary N) is 2. The number of benzene rings is 1. The van der Waals surface area contributed by atoms with E-state index in [4.69, 9.17) is 0 Å². The van der Waals surface area contributed by atoms with Crippen molar-refractivity contribution in [1.29, 1.82) is 0 Å². The third kappa shape index (κ3) is 3.30. The second kappa shape index (κ2) is 7.01. The van der Waals surface area contributed by atoms with Gasteiger partial charge in [0.05, 0.1) is 0 Å². The molecular weight excluding hydrogens is 308 g/mol.